The van der Waals surface area contributed by atoms with E-state index in [1.165, 1.54) is 12.8 Å². The Morgan fingerprint density at radius 2 is 1.50 bits per heavy atom. The van der Waals surface area contributed by atoms with Crippen LogP contribution >= 0.6 is 0 Å². The minimum absolute atomic E-state index is 0. The van der Waals surface area contributed by atoms with E-state index in [9.17, 15) is 0 Å². The minimum atomic E-state index is 0. The number of hydrogen-bond acceptors (Lipinski definition) is 0. The van der Waals surface area contributed by atoms with Crippen molar-refractivity contribution in [2.45, 2.75) is 33.6 Å². The third-order valence-corrected chi connectivity index (χ3v) is 1.56. The smallest absolute Gasteiger partial charge is 0.662 e. The van der Waals surface area contributed by atoms with Crippen LogP contribution in [0, 0.1) is 5.92 Å². The topological polar surface area (TPSA) is 14.1 Å². The first-order valence-corrected chi connectivity index (χ1v) is 4.03. The van der Waals surface area contributed by atoms with Gasteiger partial charge in [-0.1, -0.05) is 33.6 Å². The zero-order valence-corrected chi connectivity index (χ0v) is 11.0. The molecule has 1 aliphatic rings. The molecule has 1 fully saturated rings. The van der Waals surface area contributed by atoms with Gasteiger partial charge >= 0.3 is 51.4 Å². The molecule has 1 aliphatic heterocycles. The van der Waals surface area contributed by atoms with Gasteiger partial charge in [0.25, 0.3) is 0 Å². The molecule has 0 atom stereocenters. The van der Waals surface area contributed by atoms with Crippen LogP contribution in [-0.2, 0) is 0 Å². The largest absolute Gasteiger partial charge is 1.00 e. The van der Waals surface area contributed by atoms with Crippen LogP contribution in [0.2, 0.25) is 0 Å². The molecule has 0 spiro atoms. The number of hydrogen-bond donors (Lipinski definition) is 0. The Labute approximate surface area is 108 Å². The molecule has 1 saturated heterocycles. The van der Waals surface area contributed by atoms with E-state index < -0.39 is 0 Å². The van der Waals surface area contributed by atoms with Crippen molar-refractivity contribution in [2.24, 2.45) is 5.92 Å². The Balaban J connectivity index is 0. The maximum atomic E-state index is 4.23. The van der Waals surface area contributed by atoms with E-state index in [2.05, 4.69) is 12.2 Å². The van der Waals surface area contributed by atoms with Crippen LogP contribution in [0.4, 0.5) is 0 Å². The summed E-state index contributed by atoms with van der Waals surface area (Å²) in [6.07, 6.45) is 2.64. The molecule has 10 heavy (non-hydrogen) atoms. The molecule has 0 aromatic heterocycles. The average molecular weight is 167 g/mol. The molecule has 0 aromatic carbocycles. The van der Waals surface area contributed by atoms with Gasteiger partial charge in [-0.05, 0) is 5.92 Å². The molecule has 0 radical (unpaired) electrons. The third kappa shape index (κ3) is 7.70. The molecule has 1 rings (SSSR count). The van der Waals surface area contributed by atoms with Gasteiger partial charge in [0.15, 0.2) is 0 Å². The second-order valence-electron chi connectivity index (χ2n) is 2.35. The standard InChI is InChI=1S/C6H12N.C2H6.K/c1-6-2-4-7-5-3-6;1-2;/h6H,2-5H2,1H3;1-2H3;/q-1;;+1. The van der Waals surface area contributed by atoms with Crippen LogP contribution in [0.5, 0.6) is 0 Å². The van der Waals surface area contributed by atoms with Crippen molar-refractivity contribution in [3.05, 3.63) is 5.32 Å². The van der Waals surface area contributed by atoms with Gasteiger partial charge in [0.05, 0.1) is 0 Å². The Bertz CT molecular complexity index is 51.2. The van der Waals surface area contributed by atoms with Gasteiger partial charge in [0.1, 0.15) is 0 Å². The summed E-state index contributed by atoms with van der Waals surface area (Å²) in [6.45, 7) is 8.52. The third-order valence-electron chi connectivity index (χ3n) is 1.56. The summed E-state index contributed by atoms with van der Waals surface area (Å²) in [5.41, 5.74) is 0. The van der Waals surface area contributed by atoms with E-state index in [1.54, 1.807) is 0 Å². The van der Waals surface area contributed by atoms with Crippen molar-refractivity contribution < 1.29 is 51.4 Å². The van der Waals surface area contributed by atoms with Crippen molar-refractivity contribution in [2.75, 3.05) is 13.1 Å². The minimum Gasteiger partial charge on any atom is -0.662 e. The predicted octanol–water partition coefficient (Wildman–Crippen LogP) is -0.180. The van der Waals surface area contributed by atoms with Crippen molar-refractivity contribution in [1.82, 2.24) is 0 Å². The summed E-state index contributed by atoms with van der Waals surface area (Å²) in [4.78, 5) is 0. The van der Waals surface area contributed by atoms with E-state index in [4.69, 9.17) is 0 Å². The van der Waals surface area contributed by atoms with Crippen molar-refractivity contribution in [3.8, 4) is 0 Å². The van der Waals surface area contributed by atoms with Crippen LogP contribution in [-0.4, -0.2) is 13.1 Å². The molecule has 1 nitrogen and oxygen atoms in total. The molecule has 0 N–H and O–H groups in total. The Morgan fingerprint density at radius 3 is 1.70 bits per heavy atom. The normalized spacial score (nSPS) is 18.3. The van der Waals surface area contributed by atoms with Gasteiger partial charge in [0.2, 0.25) is 0 Å². The van der Waals surface area contributed by atoms with Gasteiger partial charge in [0, 0.05) is 0 Å². The molecule has 0 saturated carbocycles. The molecule has 2 heteroatoms. The van der Waals surface area contributed by atoms with Gasteiger partial charge < -0.3 is 5.32 Å². The summed E-state index contributed by atoms with van der Waals surface area (Å²) in [7, 11) is 0. The van der Waals surface area contributed by atoms with Crippen LogP contribution in [0.15, 0.2) is 0 Å². The number of nitrogens with zero attached hydrogens (tertiary/aromatic N) is 1. The van der Waals surface area contributed by atoms with E-state index in [0.717, 1.165) is 19.0 Å². The number of piperidine rings is 1. The molecule has 0 unspecified atom stereocenters. The first kappa shape index (κ1) is 14.1. The van der Waals surface area contributed by atoms with Gasteiger partial charge in [-0.25, -0.2) is 0 Å². The molecule has 0 bridgehead atoms. The molecule has 1 heterocycles. The fourth-order valence-electron chi connectivity index (χ4n) is 0.879. The van der Waals surface area contributed by atoms with E-state index in [1.807, 2.05) is 13.8 Å². The van der Waals surface area contributed by atoms with Gasteiger partial charge in [-0.15, -0.1) is 13.1 Å². The first-order valence-electron chi connectivity index (χ1n) is 4.03. The Kier molecular flexibility index (Phi) is 15.0. The van der Waals surface area contributed by atoms with Gasteiger partial charge in [-0.2, -0.15) is 0 Å². The summed E-state index contributed by atoms with van der Waals surface area (Å²) < 4.78 is 0. The Morgan fingerprint density at radius 1 is 1.10 bits per heavy atom. The maximum Gasteiger partial charge on any atom is 1.00 e. The second kappa shape index (κ2) is 10.6. The Hall–Kier alpha value is 1.60. The SMILES string of the molecule is CC.CC1CC[N-]CC1.[K+]. The summed E-state index contributed by atoms with van der Waals surface area (Å²) in [5, 5.41) is 4.23. The molecule has 0 aliphatic carbocycles. The van der Waals surface area contributed by atoms with Crippen molar-refractivity contribution >= 4 is 0 Å². The van der Waals surface area contributed by atoms with Gasteiger partial charge in [-0.3, -0.25) is 0 Å². The summed E-state index contributed by atoms with van der Waals surface area (Å²) in [6, 6.07) is 0. The van der Waals surface area contributed by atoms with Crippen molar-refractivity contribution in [3.63, 3.8) is 0 Å². The van der Waals surface area contributed by atoms with Crippen LogP contribution in [0.3, 0.4) is 0 Å². The quantitative estimate of drug-likeness (QED) is 0.444. The molecule has 0 amide bonds. The van der Waals surface area contributed by atoms with E-state index in [-0.39, 0.29) is 51.4 Å². The zero-order valence-electron chi connectivity index (χ0n) is 7.85. The fraction of sp³-hybridized carbons (Fsp3) is 1.00. The first-order chi connectivity index (χ1) is 4.39. The monoisotopic (exact) mass is 167 g/mol. The maximum absolute atomic E-state index is 4.23. The van der Waals surface area contributed by atoms with E-state index in [0.29, 0.717) is 0 Å². The second-order valence-corrected chi connectivity index (χ2v) is 2.35. The van der Waals surface area contributed by atoms with Crippen LogP contribution in [0.25, 0.3) is 5.32 Å². The molecule has 56 valence electrons. The fourth-order valence-corrected chi connectivity index (χ4v) is 0.879. The predicted molar refractivity (Wildman–Crippen MR) is 42.8 cm³/mol. The van der Waals surface area contributed by atoms with Crippen LogP contribution < -0.4 is 51.4 Å². The summed E-state index contributed by atoms with van der Waals surface area (Å²) >= 11 is 0. The van der Waals surface area contributed by atoms with Crippen LogP contribution in [0.1, 0.15) is 33.6 Å². The average Bonchev–Trinajstić information content (AvgIpc) is 1.94. The zero-order chi connectivity index (χ0) is 7.11. The van der Waals surface area contributed by atoms with Crippen molar-refractivity contribution in [1.29, 1.82) is 0 Å². The molecular formula is C8H18KN. The number of rotatable bonds is 0. The molecule has 0 aromatic rings. The van der Waals surface area contributed by atoms with E-state index >= 15 is 0 Å². The molecular weight excluding hydrogens is 149 g/mol. The summed E-state index contributed by atoms with van der Waals surface area (Å²) in [5.74, 6) is 0.942.